The van der Waals surface area contributed by atoms with Gasteiger partial charge in [-0.05, 0) is 31.0 Å². The molecule has 0 saturated heterocycles. The Morgan fingerprint density at radius 3 is 2.06 bits per heavy atom. The van der Waals surface area contributed by atoms with Crippen LogP contribution in [-0.4, -0.2) is 62.7 Å². The van der Waals surface area contributed by atoms with E-state index in [0.717, 1.165) is 20.6 Å². The average Bonchev–Trinajstić information content (AvgIpc) is 2.79. The molecule has 1 unspecified atom stereocenters. The van der Waals surface area contributed by atoms with Gasteiger partial charge in [-0.15, -0.1) is 0 Å². The Morgan fingerprint density at radius 1 is 0.969 bits per heavy atom. The van der Waals surface area contributed by atoms with Crippen LogP contribution < -0.4 is 9.62 Å². The number of nitrogens with one attached hydrogen (secondary N) is 1. The first-order chi connectivity index (χ1) is 15.2. The summed E-state index contributed by atoms with van der Waals surface area (Å²) in [5.74, 6) is -0.750. The largest absolute Gasteiger partial charge is 0.354 e. The van der Waals surface area contributed by atoms with Crippen molar-refractivity contribution in [3.8, 4) is 0 Å². The zero-order valence-electron chi connectivity index (χ0n) is 19.1. The molecule has 0 spiro atoms. The molecule has 0 radical (unpaired) electrons. The van der Waals surface area contributed by atoms with Gasteiger partial charge in [-0.2, -0.15) is 12.7 Å². The zero-order chi connectivity index (χ0) is 23.7. The summed E-state index contributed by atoms with van der Waals surface area (Å²) in [7, 11) is -1.11. The van der Waals surface area contributed by atoms with Crippen LogP contribution in [-0.2, 0) is 26.3 Å². The second kappa shape index (κ2) is 11.6. The molecule has 0 aliphatic rings. The maximum Gasteiger partial charge on any atom is 0.304 e. The van der Waals surface area contributed by atoms with E-state index in [9.17, 15) is 18.0 Å². The number of hydrogen-bond acceptors (Lipinski definition) is 4. The summed E-state index contributed by atoms with van der Waals surface area (Å²) >= 11 is 0. The molecule has 8 nitrogen and oxygen atoms in total. The van der Waals surface area contributed by atoms with Gasteiger partial charge in [0, 0.05) is 27.2 Å². The summed E-state index contributed by atoms with van der Waals surface area (Å²) < 4.78 is 28.1. The Balaban J connectivity index is 2.38. The molecular formula is C23H32N4O4S. The highest BCUT2D eigenvalue weighted by Crippen LogP contribution is 2.20. The minimum absolute atomic E-state index is 0.186. The van der Waals surface area contributed by atoms with Gasteiger partial charge >= 0.3 is 10.2 Å². The summed E-state index contributed by atoms with van der Waals surface area (Å²) in [6.07, 6.45) is 0.772. The number of para-hydroxylation sites is 1. The van der Waals surface area contributed by atoms with Crippen molar-refractivity contribution in [2.45, 2.75) is 32.9 Å². The van der Waals surface area contributed by atoms with Crippen LogP contribution in [0.2, 0.25) is 0 Å². The highest BCUT2D eigenvalue weighted by atomic mass is 32.2. The third kappa shape index (κ3) is 6.54. The number of nitrogens with zero attached hydrogens (tertiary/aromatic N) is 3. The molecule has 0 aromatic heterocycles. The number of hydrogen-bond donors (Lipinski definition) is 1. The van der Waals surface area contributed by atoms with Gasteiger partial charge in [0.15, 0.2) is 0 Å². The smallest absolute Gasteiger partial charge is 0.304 e. The molecular weight excluding hydrogens is 428 g/mol. The summed E-state index contributed by atoms with van der Waals surface area (Å²) in [5.41, 5.74) is 1.22. The van der Waals surface area contributed by atoms with E-state index < -0.39 is 28.7 Å². The lowest BCUT2D eigenvalue weighted by Crippen LogP contribution is -2.52. The predicted octanol–water partition coefficient (Wildman–Crippen LogP) is 2.24. The lowest BCUT2D eigenvalue weighted by molar-refractivity contribution is -0.139. The molecule has 2 aromatic rings. The number of carbonyl (C=O) groups is 2. The van der Waals surface area contributed by atoms with Crippen molar-refractivity contribution in [2.24, 2.45) is 0 Å². The van der Waals surface area contributed by atoms with Gasteiger partial charge < -0.3 is 10.2 Å². The van der Waals surface area contributed by atoms with Crippen molar-refractivity contribution < 1.29 is 18.0 Å². The molecule has 2 amide bonds. The third-order valence-electron chi connectivity index (χ3n) is 4.98. The molecule has 0 aliphatic carbocycles. The van der Waals surface area contributed by atoms with E-state index in [1.54, 1.807) is 37.3 Å². The second-order valence-electron chi connectivity index (χ2n) is 7.61. The number of anilines is 1. The van der Waals surface area contributed by atoms with E-state index in [4.69, 9.17) is 0 Å². The van der Waals surface area contributed by atoms with Crippen LogP contribution in [0.5, 0.6) is 0 Å². The van der Waals surface area contributed by atoms with Gasteiger partial charge in [0.2, 0.25) is 11.8 Å². The van der Waals surface area contributed by atoms with E-state index in [-0.39, 0.29) is 12.5 Å². The highest BCUT2D eigenvalue weighted by Gasteiger charge is 2.32. The fourth-order valence-corrected chi connectivity index (χ4v) is 4.13. The van der Waals surface area contributed by atoms with Crippen molar-refractivity contribution in [1.82, 2.24) is 14.5 Å². The van der Waals surface area contributed by atoms with E-state index in [1.165, 1.54) is 19.0 Å². The van der Waals surface area contributed by atoms with Crippen LogP contribution >= 0.6 is 0 Å². The molecule has 0 bridgehead atoms. The minimum Gasteiger partial charge on any atom is -0.354 e. The first-order valence-corrected chi connectivity index (χ1v) is 11.9. The standard InChI is InChI=1S/C23H32N4O4S/c1-5-16-24-23(29)19(2)26(17-20-12-8-6-9-13-20)22(28)18-27(32(30,31)25(3)4)21-14-10-7-11-15-21/h6-15,19H,5,16-18H2,1-4H3,(H,24,29). The van der Waals surface area contributed by atoms with Crippen molar-refractivity contribution >= 4 is 27.7 Å². The number of amides is 2. The topological polar surface area (TPSA) is 90.0 Å². The summed E-state index contributed by atoms with van der Waals surface area (Å²) in [6.45, 7) is 3.86. The van der Waals surface area contributed by atoms with Gasteiger partial charge in [0.25, 0.3) is 0 Å². The lowest BCUT2D eigenvalue weighted by Gasteiger charge is -2.32. The molecule has 9 heteroatoms. The van der Waals surface area contributed by atoms with Crippen molar-refractivity contribution in [2.75, 3.05) is 31.5 Å². The lowest BCUT2D eigenvalue weighted by atomic mass is 10.1. The Bertz CT molecular complexity index is 982. The van der Waals surface area contributed by atoms with Crippen molar-refractivity contribution in [3.63, 3.8) is 0 Å². The van der Waals surface area contributed by atoms with Gasteiger partial charge in [0.1, 0.15) is 12.6 Å². The molecule has 1 N–H and O–H groups in total. The van der Waals surface area contributed by atoms with Crippen LogP contribution in [0.3, 0.4) is 0 Å². The summed E-state index contributed by atoms with van der Waals surface area (Å²) in [4.78, 5) is 27.5. The maximum atomic E-state index is 13.4. The van der Waals surface area contributed by atoms with Crippen LogP contribution in [0, 0.1) is 0 Å². The summed E-state index contributed by atoms with van der Waals surface area (Å²) in [6, 6.07) is 17.0. The molecule has 0 aliphatic heterocycles. The number of benzene rings is 2. The van der Waals surface area contributed by atoms with Crippen LogP contribution in [0.25, 0.3) is 0 Å². The molecule has 1 atom stereocenters. The first kappa shape index (κ1) is 25.4. The Morgan fingerprint density at radius 2 is 1.53 bits per heavy atom. The minimum atomic E-state index is -3.93. The molecule has 2 aromatic carbocycles. The van der Waals surface area contributed by atoms with Crippen LogP contribution in [0.15, 0.2) is 60.7 Å². The second-order valence-corrected chi connectivity index (χ2v) is 9.67. The molecule has 2 rings (SSSR count). The Labute approximate surface area is 191 Å². The quantitative estimate of drug-likeness (QED) is 0.557. The summed E-state index contributed by atoms with van der Waals surface area (Å²) in [5, 5.41) is 2.81. The van der Waals surface area contributed by atoms with Crippen LogP contribution in [0.1, 0.15) is 25.8 Å². The van der Waals surface area contributed by atoms with Gasteiger partial charge in [-0.25, -0.2) is 4.31 Å². The van der Waals surface area contributed by atoms with Crippen molar-refractivity contribution in [3.05, 3.63) is 66.2 Å². The molecule has 174 valence electrons. The molecule has 32 heavy (non-hydrogen) atoms. The normalized spacial score (nSPS) is 12.3. The third-order valence-corrected chi connectivity index (χ3v) is 6.80. The zero-order valence-corrected chi connectivity index (χ0v) is 19.9. The van der Waals surface area contributed by atoms with Gasteiger partial charge in [-0.1, -0.05) is 55.5 Å². The van der Waals surface area contributed by atoms with Crippen molar-refractivity contribution in [1.29, 1.82) is 0 Å². The van der Waals surface area contributed by atoms with E-state index in [0.29, 0.717) is 12.2 Å². The fraction of sp³-hybridized carbons (Fsp3) is 0.391. The Kier molecular flexibility index (Phi) is 9.22. The molecule has 0 saturated carbocycles. The van der Waals surface area contributed by atoms with Gasteiger partial charge in [0.05, 0.1) is 5.69 Å². The van der Waals surface area contributed by atoms with Gasteiger partial charge in [-0.3, -0.25) is 9.59 Å². The highest BCUT2D eigenvalue weighted by molar-refractivity contribution is 7.90. The molecule has 0 fully saturated rings. The van der Waals surface area contributed by atoms with E-state index in [1.807, 2.05) is 37.3 Å². The molecule has 0 heterocycles. The number of rotatable bonds is 11. The Hall–Kier alpha value is -2.91. The fourth-order valence-electron chi connectivity index (χ4n) is 3.07. The predicted molar refractivity (Wildman–Crippen MR) is 126 cm³/mol. The van der Waals surface area contributed by atoms with E-state index >= 15 is 0 Å². The maximum absolute atomic E-state index is 13.4. The van der Waals surface area contributed by atoms with Crippen LogP contribution in [0.4, 0.5) is 5.69 Å². The SMILES string of the molecule is CCCNC(=O)C(C)N(Cc1ccccc1)C(=O)CN(c1ccccc1)S(=O)(=O)N(C)C. The number of carbonyl (C=O) groups excluding carboxylic acids is 2. The first-order valence-electron chi connectivity index (χ1n) is 10.5. The van der Waals surface area contributed by atoms with E-state index in [2.05, 4.69) is 5.32 Å². The monoisotopic (exact) mass is 460 g/mol. The average molecular weight is 461 g/mol.